The van der Waals surface area contributed by atoms with Crippen LogP contribution in [-0.2, 0) is 0 Å². The Hall–Kier alpha value is -2.43. The number of hydrogen-bond acceptors (Lipinski definition) is 4. The molecule has 23 heavy (non-hydrogen) atoms. The number of nitrogens with zero attached hydrogens (tertiary/aromatic N) is 3. The van der Waals surface area contributed by atoms with Crippen LogP contribution in [0.25, 0.3) is 0 Å². The van der Waals surface area contributed by atoms with Crippen LogP contribution in [0, 0.1) is 13.8 Å². The van der Waals surface area contributed by atoms with Crippen LogP contribution in [0.4, 0.5) is 11.6 Å². The van der Waals surface area contributed by atoms with Gasteiger partial charge in [0.1, 0.15) is 0 Å². The fraction of sp³-hybridized carbons (Fsp3) is 0.389. The lowest BCUT2D eigenvalue weighted by Crippen LogP contribution is -2.20. The molecule has 1 aromatic heterocycles. The van der Waals surface area contributed by atoms with Gasteiger partial charge in [-0.25, -0.2) is 0 Å². The number of aryl methyl sites for hydroxylation is 2. The van der Waals surface area contributed by atoms with E-state index in [1.54, 1.807) is 6.07 Å². The average molecular weight is 312 g/mol. The van der Waals surface area contributed by atoms with E-state index in [9.17, 15) is 4.79 Å². The topological polar surface area (TPSA) is 58.1 Å². The molecule has 1 amide bonds. The first-order valence-corrected chi connectivity index (χ1v) is 7.94. The van der Waals surface area contributed by atoms with Crippen molar-refractivity contribution in [2.24, 2.45) is 0 Å². The Morgan fingerprint density at radius 1 is 1.13 bits per heavy atom. The highest BCUT2D eigenvalue weighted by atomic mass is 16.1. The number of benzene rings is 1. The van der Waals surface area contributed by atoms with Crippen LogP contribution in [0.15, 0.2) is 30.3 Å². The fourth-order valence-electron chi connectivity index (χ4n) is 2.18. The molecule has 0 fully saturated rings. The highest BCUT2D eigenvalue weighted by molar-refractivity contribution is 6.03. The van der Waals surface area contributed by atoms with E-state index in [0.29, 0.717) is 11.4 Å². The van der Waals surface area contributed by atoms with Gasteiger partial charge in [0, 0.05) is 19.2 Å². The van der Waals surface area contributed by atoms with Crippen molar-refractivity contribution in [2.45, 2.75) is 33.6 Å². The molecule has 0 bridgehead atoms. The average Bonchev–Trinajstić information content (AvgIpc) is 2.55. The first-order chi connectivity index (χ1) is 11.0. The third-order valence-electron chi connectivity index (χ3n) is 3.90. The smallest absolute Gasteiger partial charge is 0.256 e. The number of unbranched alkanes of at least 4 members (excludes halogenated alkanes) is 1. The number of nitrogens with one attached hydrogen (secondary N) is 1. The van der Waals surface area contributed by atoms with E-state index in [4.69, 9.17) is 0 Å². The molecule has 0 aliphatic heterocycles. The van der Waals surface area contributed by atoms with Crippen LogP contribution >= 0.6 is 0 Å². The molecule has 5 nitrogen and oxygen atoms in total. The fourth-order valence-corrected chi connectivity index (χ4v) is 2.18. The molecule has 0 radical (unpaired) electrons. The molecule has 0 spiro atoms. The maximum absolute atomic E-state index is 12.2. The van der Waals surface area contributed by atoms with E-state index in [1.165, 1.54) is 5.56 Å². The second-order valence-electron chi connectivity index (χ2n) is 5.81. The third-order valence-corrected chi connectivity index (χ3v) is 3.90. The van der Waals surface area contributed by atoms with Crippen LogP contribution in [0.2, 0.25) is 0 Å². The minimum atomic E-state index is -0.172. The number of carbonyl (C=O) groups is 1. The van der Waals surface area contributed by atoms with Crippen LogP contribution in [0.1, 0.15) is 41.3 Å². The summed E-state index contributed by atoms with van der Waals surface area (Å²) in [5.41, 5.74) is 2.89. The van der Waals surface area contributed by atoms with Crippen molar-refractivity contribution >= 4 is 17.5 Å². The van der Waals surface area contributed by atoms with Crippen molar-refractivity contribution in [3.63, 3.8) is 0 Å². The molecule has 5 heteroatoms. The molecular weight excluding hydrogens is 288 g/mol. The molecule has 0 aliphatic carbocycles. The molecule has 1 N–H and O–H groups in total. The summed E-state index contributed by atoms with van der Waals surface area (Å²) in [6.07, 6.45) is 2.26. The quantitative estimate of drug-likeness (QED) is 0.885. The summed E-state index contributed by atoms with van der Waals surface area (Å²) in [7, 11) is 1.99. The van der Waals surface area contributed by atoms with Crippen molar-refractivity contribution in [3.8, 4) is 0 Å². The molecule has 0 unspecified atom stereocenters. The van der Waals surface area contributed by atoms with E-state index in [2.05, 4.69) is 27.3 Å². The van der Waals surface area contributed by atoms with Crippen molar-refractivity contribution in [3.05, 3.63) is 47.0 Å². The zero-order valence-electron chi connectivity index (χ0n) is 14.3. The van der Waals surface area contributed by atoms with Gasteiger partial charge in [-0.2, -0.15) is 0 Å². The second-order valence-corrected chi connectivity index (χ2v) is 5.81. The number of hydrogen-bond donors (Lipinski definition) is 1. The normalized spacial score (nSPS) is 10.4. The largest absolute Gasteiger partial charge is 0.358 e. The number of carbonyl (C=O) groups excluding carboxylic acids is 1. The van der Waals surface area contributed by atoms with Gasteiger partial charge in [0.15, 0.2) is 11.6 Å². The first kappa shape index (κ1) is 16.9. The molecule has 0 aliphatic rings. The lowest BCUT2D eigenvalue weighted by Gasteiger charge is -2.17. The number of aromatic nitrogens is 2. The highest BCUT2D eigenvalue weighted by Gasteiger charge is 2.09. The Labute approximate surface area is 137 Å². The van der Waals surface area contributed by atoms with Gasteiger partial charge in [0.2, 0.25) is 0 Å². The van der Waals surface area contributed by atoms with Crippen LogP contribution in [-0.4, -0.2) is 29.7 Å². The van der Waals surface area contributed by atoms with Gasteiger partial charge in [0.05, 0.1) is 0 Å². The third kappa shape index (κ3) is 4.52. The van der Waals surface area contributed by atoms with E-state index < -0.39 is 0 Å². The van der Waals surface area contributed by atoms with Crippen molar-refractivity contribution in [1.29, 1.82) is 0 Å². The van der Waals surface area contributed by atoms with Crippen LogP contribution in [0.5, 0.6) is 0 Å². The van der Waals surface area contributed by atoms with Crippen molar-refractivity contribution in [2.75, 3.05) is 23.8 Å². The molecule has 122 valence electrons. The zero-order chi connectivity index (χ0) is 16.8. The molecular formula is C18H24N4O. The number of anilines is 2. The van der Waals surface area contributed by atoms with Gasteiger partial charge in [-0.15, -0.1) is 10.2 Å². The maximum atomic E-state index is 12.2. The standard InChI is InChI=1S/C18H24N4O/c1-5-6-11-22(4)17-10-9-16(20-21-17)19-18(23)15-8-7-13(2)14(3)12-15/h7-10,12H,5-6,11H2,1-4H3,(H,19,20,23). The predicted octanol–water partition coefficient (Wildman–Crippen LogP) is 3.58. The molecule has 0 saturated heterocycles. The Balaban J connectivity index is 2.02. The summed E-state index contributed by atoms with van der Waals surface area (Å²) in [6, 6.07) is 9.30. The Morgan fingerprint density at radius 3 is 2.52 bits per heavy atom. The second kappa shape index (κ2) is 7.72. The van der Waals surface area contributed by atoms with E-state index in [0.717, 1.165) is 30.8 Å². The SMILES string of the molecule is CCCCN(C)c1ccc(NC(=O)c2ccc(C)c(C)c2)nn1. The monoisotopic (exact) mass is 312 g/mol. The highest BCUT2D eigenvalue weighted by Crippen LogP contribution is 2.14. The van der Waals surface area contributed by atoms with Gasteiger partial charge in [-0.05, 0) is 55.7 Å². The Morgan fingerprint density at radius 2 is 1.91 bits per heavy atom. The maximum Gasteiger partial charge on any atom is 0.256 e. The van der Waals surface area contributed by atoms with Crippen molar-refractivity contribution in [1.82, 2.24) is 10.2 Å². The summed E-state index contributed by atoms with van der Waals surface area (Å²) in [6.45, 7) is 7.12. The number of rotatable bonds is 6. The van der Waals surface area contributed by atoms with E-state index >= 15 is 0 Å². The summed E-state index contributed by atoms with van der Waals surface area (Å²) in [5, 5.41) is 11.0. The Kier molecular flexibility index (Phi) is 5.68. The van der Waals surface area contributed by atoms with Gasteiger partial charge in [-0.1, -0.05) is 19.4 Å². The van der Waals surface area contributed by atoms with Gasteiger partial charge in [0.25, 0.3) is 5.91 Å². The molecule has 2 aromatic rings. The van der Waals surface area contributed by atoms with E-state index in [-0.39, 0.29) is 5.91 Å². The predicted molar refractivity (Wildman–Crippen MR) is 94.1 cm³/mol. The minimum Gasteiger partial charge on any atom is -0.358 e. The zero-order valence-corrected chi connectivity index (χ0v) is 14.3. The molecule has 0 atom stereocenters. The van der Waals surface area contributed by atoms with Crippen LogP contribution < -0.4 is 10.2 Å². The molecule has 1 heterocycles. The molecule has 2 rings (SSSR count). The lowest BCUT2D eigenvalue weighted by atomic mass is 10.1. The van der Waals surface area contributed by atoms with Gasteiger partial charge in [-0.3, -0.25) is 4.79 Å². The summed E-state index contributed by atoms with van der Waals surface area (Å²) >= 11 is 0. The Bertz CT molecular complexity index is 667. The van der Waals surface area contributed by atoms with Crippen molar-refractivity contribution < 1.29 is 4.79 Å². The van der Waals surface area contributed by atoms with Gasteiger partial charge >= 0.3 is 0 Å². The summed E-state index contributed by atoms with van der Waals surface area (Å²) in [4.78, 5) is 14.3. The van der Waals surface area contributed by atoms with E-state index in [1.807, 2.05) is 45.2 Å². The molecule has 0 saturated carbocycles. The molecule has 1 aromatic carbocycles. The van der Waals surface area contributed by atoms with Crippen LogP contribution in [0.3, 0.4) is 0 Å². The van der Waals surface area contributed by atoms with Gasteiger partial charge < -0.3 is 10.2 Å². The minimum absolute atomic E-state index is 0.172. The lowest BCUT2D eigenvalue weighted by molar-refractivity contribution is 0.102. The summed E-state index contributed by atoms with van der Waals surface area (Å²) < 4.78 is 0. The first-order valence-electron chi connectivity index (χ1n) is 7.94. The number of amides is 1. The summed E-state index contributed by atoms with van der Waals surface area (Å²) in [5.74, 6) is 1.10.